The van der Waals surface area contributed by atoms with Gasteiger partial charge in [-0.25, -0.2) is 0 Å². The summed E-state index contributed by atoms with van der Waals surface area (Å²) >= 11 is 0. The Morgan fingerprint density at radius 3 is 1.45 bits per heavy atom. The van der Waals surface area contributed by atoms with Crippen LogP contribution in [-0.4, -0.2) is 0 Å². The molecule has 1 aliphatic carbocycles. The first kappa shape index (κ1) is 34.6. The van der Waals surface area contributed by atoms with E-state index in [9.17, 15) is 0 Å². The van der Waals surface area contributed by atoms with Crippen molar-refractivity contribution in [2.75, 3.05) is 0 Å². The lowest BCUT2D eigenvalue weighted by molar-refractivity contribution is 0.660. The molecule has 0 N–H and O–H groups in total. The molecule has 0 amide bonds. The topological polar surface area (TPSA) is 13.1 Å². The highest BCUT2D eigenvalue weighted by Crippen LogP contribution is 2.54. The number of rotatable bonds is 3. The molecule has 8 aromatic carbocycles. The van der Waals surface area contributed by atoms with Gasteiger partial charge in [0.1, 0.15) is 11.2 Å². The molecule has 1 aliphatic rings. The Morgan fingerprint density at radius 1 is 0.357 bits per heavy atom. The zero-order valence-corrected chi connectivity index (χ0v) is 34.3. The van der Waals surface area contributed by atoms with E-state index in [-0.39, 0.29) is 5.41 Å². The van der Waals surface area contributed by atoms with Crippen LogP contribution in [0, 0.1) is 55.4 Å². The molecule has 0 atom stereocenters. The number of benzene rings is 8. The summed E-state index contributed by atoms with van der Waals surface area (Å²) in [5.41, 5.74) is 26.0. The van der Waals surface area contributed by atoms with E-state index in [0.29, 0.717) is 0 Å². The normalized spacial score (nSPS) is 13.3. The van der Waals surface area contributed by atoms with Crippen molar-refractivity contribution in [3.8, 4) is 44.5 Å². The predicted molar refractivity (Wildman–Crippen MR) is 240 cm³/mol. The monoisotopic (exact) mass is 724 g/mol. The molecule has 0 bridgehead atoms. The van der Waals surface area contributed by atoms with E-state index in [1.807, 2.05) is 6.07 Å². The van der Waals surface area contributed by atoms with Gasteiger partial charge in [0.25, 0.3) is 0 Å². The highest BCUT2D eigenvalue weighted by atomic mass is 16.3. The molecule has 56 heavy (non-hydrogen) atoms. The summed E-state index contributed by atoms with van der Waals surface area (Å²) in [6.07, 6.45) is 0. The summed E-state index contributed by atoms with van der Waals surface area (Å²) in [7, 11) is 0. The first-order valence-electron chi connectivity index (χ1n) is 20.1. The molecule has 9 aromatic rings. The summed E-state index contributed by atoms with van der Waals surface area (Å²) in [5.74, 6) is 0. The third-order valence-electron chi connectivity index (χ3n) is 14.1. The first-order valence-corrected chi connectivity index (χ1v) is 20.1. The van der Waals surface area contributed by atoms with E-state index in [2.05, 4.69) is 172 Å². The molecule has 0 aliphatic heterocycles. The van der Waals surface area contributed by atoms with Gasteiger partial charge in [-0.3, -0.25) is 0 Å². The third kappa shape index (κ3) is 4.55. The number of aryl methyl sites for hydroxylation is 4. The summed E-state index contributed by atoms with van der Waals surface area (Å²) in [6.45, 7) is 23.4. The Balaban J connectivity index is 1.31. The number of hydrogen-bond acceptors (Lipinski definition) is 1. The van der Waals surface area contributed by atoms with Crippen LogP contribution >= 0.6 is 0 Å². The van der Waals surface area contributed by atoms with E-state index in [1.165, 1.54) is 127 Å². The maximum Gasteiger partial charge on any atom is 0.136 e. The van der Waals surface area contributed by atoms with Gasteiger partial charge < -0.3 is 4.42 Å². The average molecular weight is 725 g/mol. The number of fused-ring (bicyclic) bond motifs is 8. The lowest BCUT2D eigenvalue weighted by atomic mass is 9.76. The van der Waals surface area contributed by atoms with Crippen LogP contribution < -0.4 is 0 Å². The zero-order valence-electron chi connectivity index (χ0n) is 34.3. The number of furan rings is 1. The summed E-state index contributed by atoms with van der Waals surface area (Å²) < 4.78 is 6.29. The second-order valence-electron chi connectivity index (χ2n) is 17.0. The van der Waals surface area contributed by atoms with Crippen LogP contribution in [0.2, 0.25) is 0 Å². The van der Waals surface area contributed by atoms with Crippen LogP contribution in [0.25, 0.3) is 88.0 Å². The highest BCUT2D eigenvalue weighted by molar-refractivity contribution is 6.25. The van der Waals surface area contributed by atoms with Crippen molar-refractivity contribution in [3.05, 3.63) is 165 Å². The van der Waals surface area contributed by atoms with Crippen molar-refractivity contribution in [3.63, 3.8) is 0 Å². The third-order valence-corrected chi connectivity index (χ3v) is 14.1. The van der Waals surface area contributed by atoms with E-state index in [1.54, 1.807) is 0 Å². The maximum absolute atomic E-state index is 6.29. The fraction of sp³-hybridized carbons (Fsp3) is 0.200. The van der Waals surface area contributed by atoms with Crippen molar-refractivity contribution in [1.82, 2.24) is 0 Å². The van der Waals surface area contributed by atoms with Crippen molar-refractivity contribution in [1.29, 1.82) is 0 Å². The van der Waals surface area contributed by atoms with Crippen molar-refractivity contribution >= 4 is 43.5 Å². The minimum absolute atomic E-state index is 0.0404. The van der Waals surface area contributed by atoms with E-state index in [4.69, 9.17) is 4.42 Å². The molecular formula is C55H48O. The van der Waals surface area contributed by atoms with Gasteiger partial charge in [-0.2, -0.15) is 0 Å². The molecule has 1 nitrogen and oxygen atoms in total. The SMILES string of the molecule is Cc1c(C)c(C)c2c(-c3ccc4c(c3)-c3ccccc3C4(C)C)c3c(C)c(C)c(C)c(C)c3c(-c3ccc(-c4cccc5oc6ccccc6c45)cc3)c2c1C. The van der Waals surface area contributed by atoms with E-state index >= 15 is 0 Å². The van der Waals surface area contributed by atoms with Gasteiger partial charge >= 0.3 is 0 Å². The molecule has 1 heteroatoms. The summed E-state index contributed by atoms with van der Waals surface area (Å²) in [6, 6.07) is 40.6. The Morgan fingerprint density at radius 2 is 0.821 bits per heavy atom. The molecule has 274 valence electrons. The molecule has 1 aromatic heterocycles. The first-order chi connectivity index (χ1) is 26.9. The van der Waals surface area contributed by atoms with E-state index < -0.39 is 0 Å². The van der Waals surface area contributed by atoms with Crippen LogP contribution in [-0.2, 0) is 5.41 Å². The molecule has 10 rings (SSSR count). The van der Waals surface area contributed by atoms with Gasteiger partial charge in [-0.1, -0.05) is 105 Å². The van der Waals surface area contributed by atoms with Gasteiger partial charge in [0.05, 0.1) is 0 Å². The number of hydrogen-bond donors (Lipinski definition) is 0. The van der Waals surface area contributed by atoms with Crippen LogP contribution in [0.1, 0.15) is 69.5 Å². The van der Waals surface area contributed by atoms with Gasteiger partial charge in [0.2, 0.25) is 0 Å². The van der Waals surface area contributed by atoms with Gasteiger partial charge in [-0.15, -0.1) is 0 Å². The van der Waals surface area contributed by atoms with Gasteiger partial charge in [0.15, 0.2) is 0 Å². The molecule has 0 fully saturated rings. The maximum atomic E-state index is 6.29. The zero-order chi connectivity index (χ0) is 38.9. The average Bonchev–Trinajstić information content (AvgIpc) is 3.71. The minimum atomic E-state index is -0.0404. The Kier molecular flexibility index (Phi) is 7.43. The van der Waals surface area contributed by atoms with E-state index in [0.717, 1.165) is 16.6 Å². The highest BCUT2D eigenvalue weighted by Gasteiger charge is 2.36. The Bertz CT molecular complexity index is 3080. The second kappa shape index (κ2) is 12.0. The van der Waals surface area contributed by atoms with Crippen LogP contribution in [0.15, 0.2) is 114 Å². The van der Waals surface area contributed by atoms with Gasteiger partial charge in [0, 0.05) is 16.2 Å². The second-order valence-corrected chi connectivity index (χ2v) is 17.0. The fourth-order valence-electron chi connectivity index (χ4n) is 10.4. The largest absolute Gasteiger partial charge is 0.456 e. The Labute approximate surface area is 330 Å². The molecule has 0 radical (unpaired) electrons. The molecule has 0 spiro atoms. The van der Waals surface area contributed by atoms with Crippen LogP contribution in [0.3, 0.4) is 0 Å². The Hall–Kier alpha value is -5.92. The van der Waals surface area contributed by atoms with Crippen LogP contribution in [0.5, 0.6) is 0 Å². The fourth-order valence-corrected chi connectivity index (χ4v) is 10.4. The van der Waals surface area contributed by atoms with Crippen molar-refractivity contribution in [2.24, 2.45) is 0 Å². The van der Waals surface area contributed by atoms with Crippen molar-refractivity contribution < 1.29 is 4.42 Å². The molecule has 0 saturated heterocycles. The minimum Gasteiger partial charge on any atom is -0.456 e. The molecule has 1 heterocycles. The smallest absolute Gasteiger partial charge is 0.136 e. The van der Waals surface area contributed by atoms with Gasteiger partial charge in [-0.05, 0) is 195 Å². The lowest BCUT2D eigenvalue weighted by Gasteiger charge is -2.27. The van der Waals surface area contributed by atoms with Crippen molar-refractivity contribution in [2.45, 2.75) is 74.7 Å². The molecule has 0 unspecified atom stereocenters. The quantitative estimate of drug-likeness (QED) is 0.165. The molecular weight excluding hydrogens is 677 g/mol. The number of para-hydroxylation sites is 1. The van der Waals surface area contributed by atoms with Crippen LogP contribution in [0.4, 0.5) is 0 Å². The standard InChI is InChI=1S/C55H48O/c1-29-31(3)35(7)50-48(33(29)5)52(38-24-22-37(23-25-38)40-18-15-21-47-54(40)42-17-12-14-20-46(42)56-47)49-34(6)30(2)32(4)36(8)51(49)53(50)39-26-27-45-43(28-39)41-16-11-13-19-44(41)55(45,9)10/h11-28H,1-10H3. The lowest BCUT2D eigenvalue weighted by Crippen LogP contribution is -2.14. The molecule has 0 saturated carbocycles. The summed E-state index contributed by atoms with van der Waals surface area (Å²) in [5, 5.41) is 7.83. The predicted octanol–water partition coefficient (Wildman–Crippen LogP) is 15.7. The summed E-state index contributed by atoms with van der Waals surface area (Å²) in [4.78, 5) is 0.